The predicted molar refractivity (Wildman–Crippen MR) is 132 cm³/mol. The second-order valence-corrected chi connectivity index (χ2v) is 8.28. The largest absolute Gasteiger partial charge is 0.383 e. The molecular formula is C25H24N8O2. The zero-order chi connectivity index (χ0) is 24.4. The Morgan fingerprint density at radius 3 is 2.69 bits per heavy atom. The van der Waals surface area contributed by atoms with Crippen LogP contribution in [0.25, 0.3) is 22.3 Å². The Morgan fingerprint density at radius 1 is 1.11 bits per heavy atom. The van der Waals surface area contributed by atoms with Crippen LogP contribution >= 0.6 is 0 Å². The van der Waals surface area contributed by atoms with Crippen LogP contribution in [-0.4, -0.2) is 54.5 Å². The van der Waals surface area contributed by atoms with Crippen LogP contribution in [0.3, 0.4) is 0 Å². The van der Waals surface area contributed by atoms with Crippen molar-refractivity contribution >= 4 is 34.5 Å². The molecule has 1 fully saturated rings. The van der Waals surface area contributed by atoms with Gasteiger partial charge in [0.1, 0.15) is 23.7 Å². The number of carbonyl (C=O) groups excluding carboxylic acids is 2. The van der Waals surface area contributed by atoms with E-state index in [9.17, 15) is 9.59 Å². The highest BCUT2D eigenvalue weighted by Gasteiger charge is 2.28. The van der Waals surface area contributed by atoms with Gasteiger partial charge in [0, 0.05) is 30.4 Å². The van der Waals surface area contributed by atoms with Crippen LogP contribution in [-0.2, 0) is 4.79 Å². The molecule has 0 saturated carbocycles. The van der Waals surface area contributed by atoms with E-state index >= 15 is 0 Å². The molecule has 0 radical (unpaired) electrons. The zero-order valence-electron chi connectivity index (χ0n) is 19.0. The fourth-order valence-electron chi connectivity index (χ4n) is 4.34. The van der Waals surface area contributed by atoms with E-state index in [0.29, 0.717) is 47.0 Å². The lowest BCUT2D eigenvalue weighted by Crippen LogP contribution is -2.40. The number of likely N-dealkylation sites (tertiary alicyclic amines) is 1. The zero-order valence-corrected chi connectivity index (χ0v) is 19.0. The number of rotatable bonds is 5. The van der Waals surface area contributed by atoms with Gasteiger partial charge in [0.2, 0.25) is 5.91 Å². The lowest BCUT2D eigenvalue weighted by Gasteiger charge is -2.32. The quantitative estimate of drug-likeness (QED) is 0.430. The molecule has 1 aliphatic rings. The van der Waals surface area contributed by atoms with E-state index in [-0.39, 0.29) is 17.9 Å². The summed E-state index contributed by atoms with van der Waals surface area (Å²) in [6, 6.07) is 12.3. The van der Waals surface area contributed by atoms with Crippen molar-refractivity contribution in [1.29, 1.82) is 0 Å². The summed E-state index contributed by atoms with van der Waals surface area (Å²) in [4.78, 5) is 39.3. The third kappa shape index (κ3) is 4.33. The van der Waals surface area contributed by atoms with E-state index in [1.807, 2.05) is 16.8 Å². The van der Waals surface area contributed by atoms with Crippen LogP contribution in [0.1, 0.15) is 29.2 Å². The van der Waals surface area contributed by atoms with E-state index in [0.717, 1.165) is 18.4 Å². The average molecular weight is 469 g/mol. The third-order valence-electron chi connectivity index (χ3n) is 6.07. The van der Waals surface area contributed by atoms with Gasteiger partial charge >= 0.3 is 0 Å². The van der Waals surface area contributed by atoms with Gasteiger partial charge in [-0.2, -0.15) is 5.10 Å². The molecule has 3 N–H and O–H groups in total. The molecule has 4 heterocycles. The first-order chi connectivity index (χ1) is 17.0. The molecule has 10 nitrogen and oxygen atoms in total. The van der Waals surface area contributed by atoms with Gasteiger partial charge in [-0.25, -0.2) is 19.6 Å². The van der Waals surface area contributed by atoms with Crippen LogP contribution in [0.2, 0.25) is 0 Å². The van der Waals surface area contributed by atoms with E-state index in [1.54, 1.807) is 41.4 Å². The molecule has 0 aliphatic carbocycles. The smallest absolute Gasteiger partial charge is 0.256 e. The molecule has 10 heteroatoms. The number of nitrogens with one attached hydrogen (secondary N) is 1. The number of amides is 2. The number of pyridine rings is 1. The fourth-order valence-corrected chi connectivity index (χ4v) is 4.34. The van der Waals surface area contributed by atoms with Crippen molar-refractivity contribution in [2.24, 2.45) is 0 Å². The van der Waals surface area contributed by atoms with Crippen molar-refractivity contribution in [3.05, 3.63) is 73.2 Å². The molecule has 1 saturated heterocycles. The van der Waals surface area contributed by atoms with E-state index < -0.39 is 0 Å². The number of nitrogens with zero attached hydrogens (tertiary/aromatic N) is 6. The van der Waals surface area contributed by atoms with Crippen molar-refractivity contribution in [3.8, 4) is 11.3 Å². The number of benzene rings is 1. The molecule has 1 atom stereocenters. The normalized spacial score (nSPS) is 15.7. The number of anilines is 2. The van der Waals surface area contributed by atoms with Gasteiger partial charge in [-0.15, -0.1) is 0 Å². The second-order valence-electron chi connectivity index (χ2n) is 8.28. The molecule has 1 unspecified atom stereocenters. The molecule has 0 spiro atoms. The maximum Gasteiger partial charge on any atom is 0.256 e. The fraction of sp³-hybridized carbons (Fsp3) is 0.200. The molecule has 2 amide bonds. The minimum absolute atomic E-state index is 0.0541. The van der Waals surface area contributed by atoms with Crippen LogP contribution in [0.5, 0.6) is 0 Å². The second kappa shape index (κ2) is 9.34. The Bertz CT molecular complexity index is 1400. The minimum Gasteiger partial charge on any atom is -0.383 e. The van der Waals surface area contributed by atoms with Crippen molar-refractivity contribution in [2.45, 2.75) is 18.9 Å². The number of hydrogen-bond donors (Lipinski definition) is 2. The van der Waals surface area contributed by atoms with Gasteiger partial charge in [-0.05, 0) is 43.2 Å². The number of aromatic nitrogens is 5. The standard InChI is InChI=1S/C25H24N8O2/c1-2-20(34)32-13-5-6-18(14-32)33-24-21(23(26)28-15-29-24)22(31-33)16-8-10-17(11-9-16)25(35)30-19-7-3-4-12-27-19/h2-4,7-12,15,18H,1,5-6,13-14H2,(H2,26,28,29)(H,27,30,35). The molecule has 3 aromatic heterocycles. The van der Waals surface area contributed by atoms with Gasteiger partial charge in [-0.1, -0.05) is 24.8 Å². The van der Waals surface area contributed by atoms with Crippen LogP contribution in [0.15, 0.2) is 67.6 Å². The molecule has 4 aromatic rings. The molecule has 1 aliphatic heterocycles. The molecule has 1 aromatic carbocycles. The van der Waals surface area contributed by atoms with Gasteiger partial charge in [0.05, 0.1) is 11.4 Å². The van der Waals surface area contributed by atoms with Crippen molar-refractivity contribution < 1.29 is 9.59 Å². The monoisotopic (exact) mass is 468 g/mol. The maximum absolute atomic E-state index is 12.6. The molecular weight excluding hydrogens is 444 g/mol. The summed E-state index contributed by atoms with van der Waals surface area (Å²) in [6.07, 6.45) is 6.07. The number of piperidine rings is 1. The highest BCUT2D eigenvalue weighted by molar-refractivity contribution is 6.04. The lowest BCUT2D eigenvalue weighted by molar-refractivity contribution is -0.127. The van der Waals surface area contributed by atoms with E-state index in [4.69, 9.17) is 10.8 Å². The lowest BCUT2D eigenvalue weighted by atomic mass is 10.1. The van der Waals surface area contributed by atoms with E-state index in [1.165, 1.54) is 12.4 Å². The molecule has 0 bridgehead atoms. The first kappa shape index (κ1) is 22.2. The minimum atomic E-state index is -0.261. The summed E-state index contributed by atoms with van der Waals surface area (Å²) in [7, 11) is 0. The van der Waals surface area contributed by atoms with Crippen LogP contribution in [0.4, 0.5) is 11.6 Å². The van der Waals surface area contributed by atoms with Crippen molar-refractivity contribution in [1.82, 2.24) is 29.6 Å². The summed E-state index contributed by atoms with van der Waals surface area (Å²) in [6.45, 7) is 4.80. The summed E-state index contributed by atoms with van der Waals surface area (Å²) in [5.41, 5.74) is 8.75. The Balaban J connectivity index is 1.47. The maximum atomic E-state index is 12.6. The van der Waals surface area contributed by atoms with Crippen molar-refractivity contribution in [2.75, 3.05) is 24.1 Å². The Hall–Kier alpha value is -4.60. The van der Waals surface area contributed by atoms with Gasteiger partial charge < -0.3 is 16.0 Å². The van der Waals surface area contributed by atoms with Crippen molar-refractivity contribution in [3.63, 3.8) is 0 Å². The summed E-state index contributed by atoms with van der Waals surface area (Å²) in [5.74, 6) is 0.443. The molecule has 35 heavy (non-hydrogen) atoms. The topological polar surface area (TPSA) is 132 Å². The number of fused-ring (bicyclic) bond motifs is 1. The van der Waals surface area contributed by atoms with E-state index in [2.05, 4.69) is 26.8 Å². The highest BCUT2D eigenvalue weighted by Crippen LogP contribution is 2.33. The predicted octanol–water partition coefficient (Wildman–Crippen LogP) is 3.07. The Kier molecular flexibility index (Phi) is 5.92. The number of nitrogens with two attached hydrogens (primary N) is 1. The Morgan fingerprint density at radius 2 is 1.94 bits per heavy atom. The number of carbonyl (C=O) groups is 2. The Labute approximate surface area is 201 Å². The SMILES string of the molecule is C=CC(=O)N1CCCC(n2nc(-c3ccc(C(=O)Nc4ccccn4)cc3)c3c(N)ncnc32)C1. The highest BCUT2D eigenvalue weighted by atomic mass is 16.2. The van der Waals surface area contributed by atoms with Gasteiger partial charge in [0.15, 0.2) is 5.65 Å². The average Bonchev–Trinajstić information content (AvgIpc) is 3.30. The first-order valence-corrected chi connectivity index (χ1v) is 11.3. The third-order valence-corrected chi connectivity index (χ3v) is 6.07. The summed E-state index contributed by atoms with van der Waals surface area (Å²) < 4.78 is 1.84. The summed E-state index contributed by atoms with van der Waals surface area (Å²) in [5, 5.41) is 8.28. The number of nitrogen functional groups attached to an aromatic ring is 1. The van der Waals surface area contributed by atoms with Crippen LogP contribution < -0.4 is 11.1 Å². The molecule has 176 valence electrons. The first-order valence-electron chi connectivity index (χ1n) is 11.3. The van der Waals surface area contributed by atoms with Crippen LogP contribution in [0, 0.1) is 0 Å². The van der Waals surface area contributed by atoms with Gasteiger partial charge in [0.25, 0.3) is 5.91 Å². The van der Waals surface area contributed by atoms with Gasteiger partial charge in [-0.3, -0.25) is 9.59 Å². The molecule has 5 rings (SSSR count). The number of hydrogen-bond acceptors (Lipinski definition) is 7. The summed E-state index contributed by atoms with van der Waals surface area (Å²) >= 11 is 0.